The number of anilines is 1. The Morgan fingerprint density at radius 2 is 1.78 bits per heavy atom. The number of carbonyl (C=O) groups is 1. The fourth-order valence-electron chi connectivity index (χ4n) is 4.65. The third-order valence-electron chi connectivity index (χ3n) is 6.52. The summed E-state index contributed by atoms with van der Waals surface area (Å²) in [5, 5.41) is 2.98. The zero-order chi connectivity index (χ0) is 23.0. The Labute approximate surface area is 193 Å². The second kappa shape index (κ2) is 12.0. The first-order valence-electron chi connectivity index (χ1n) is 12.3. The first-order chi connectivity index (χ1) is 15.5. The van der Waals surface area contributed by atoms with Crippen molar-refractivity contribution in [2.45, 2.75) is 76.2 Å². The number of hydrogen-bond donors (Lipinski definition) is 1. The third-order valence-corrected chi connectivity index (χ3v) is 8.56. The number of amides is 1. The predicted molar refractivity (Wildman–Crippen MR) is 128 cm³/mol. The van der Waals surface area contributed by atoms with Crippen LogP contribution in [0.4, 0.5) is 5.69 Å². The van der Waals surface area contributed by atoms with E-state index in [1.807, 2.05) is 13.8 Å². The number of benzene rings is 1. The molecule has 1 aliphatic carbocycles. The van der Waals surface area contributed by atoms with E-state index >= 15 is 0 Å². The molecule has 0 radical (unpaired) electrons. The summed E-state index contributed by atoms with van der Waals surface area (Å²) in [5.74, 6) is -0.221. The van der Waals surface area contributed by atoms with E-state index in [1.165, 1.54) is 23.6 Å². The van der Waals surface area contributed by atoms with Crippen molar-refractivity contribution in [3.8, 4) is 0 Å². The third kappa shape index (κ3) is 6.23. The van der Waals surface area contributed by atoms with Gasteiger partial charge in [-0.25, -0.2) is 8.42 Å². The van der Waals surface area contributed by atoms with E-state index in [1.54, 1.807) is 18.2 Å². The summed E-state index contributed by atoms with van der Waals surface area (Å²) in [7, 11) is -3.62. The number of sulfonamides is 1. The van der Waals surface area contributed by atoms with Crippen LogP contribution < -0.4 is 10.2 Å². The normalized spacial score (nSPS) is 17.8. The topological polar surface area (TPSA) is 79.0 Å². The summed E-state index contributed by atoms with van der Waals surface area (Å²) in [6, 6.07) is 4.98. The number of nitrogens with one attached hydrogen (secondary N) is 1. The van der Waals surface area contributed by atoms with Crippen molar-refractivity contribution in [3.63, 3.8) is 0 Å². The second-order valence-electron chi connectivity index (χ2n) is 8.70. The summed E-state index contributed by atoms with van der Waals surface area (Å²) in [6.07, 6.45) is 9.34. The van der Waals surface area contributed by atoms with Gasteiger partial charge in [0.25, 0.3) is 5.91 Å². The minimum Gasteiger partial charge on any atom is -0.378 e. The van der Waals surface area contributed by atoms with Gasteiger partial charge >= 0.3 is 0 Å². The highest BCUT2D eigenvalue weighted by Gasteiger charge is 2.26. The molecule has 2 fully saturated rings. The average molecular weight is 466 g/mol. The maximum Gasteiger partial charge on any atom is 0.253 e. The lowest BCUT2D eigenvalue weighted by molar-refractivity contribution is 0.0273. The fraction of sp³-hybridized carbons (Fsp3) is 0.708. The molecule has 0 bridgehead atoms. The van der Waals surface area contributed by atoms with Crippen LogP contribution in [0, 0.1) is 0 Å². The molecule has 0 atom stereocenters. The van der Waals surface area contributed by atoms with E-state index in [0.29, 0.717) is 37.9 Å². The van der Waals surface area contributed by atoms with Gasteiger partial charge in [-0.15, -0.1) is 0 Å². The van der Waals surface area contributed by atoms with Crippen LogP contribution in [0.1, 0.15) is 75.6 Å². The zero-order valence-electron chi connectivity index (χ0n) is 19.6. The molecule has 1 amide bonds. The minimum atomic E-state index is -3.62. The number of rotatable bonds is 11. The largest absolute Gasteiger partial charge is 0.378 e. The van der Waals surface area contributed by atoms with Crippen LogP contribution in [0.5, 0.6) is 0 Å². The highest BCUT2D eigenvalue weighted by molar-refractivity contribution is 7.89. The van der Waals surface area contributed by atoms with Gasteiger partial charge in [0, 0.05) is 45.0 Å². The number of nitrogens with zero attached hydrogens (tertiary/aromatic N) is 2. The fourth-order valence-corrected chi connectivity index (χ4v) is 6.14. The summed E-state index contributed by atoms with van der Waals surface area (Å²) in [6.45, 7) is 7.36. The number of hydrogen-bond acceptors (Lipinski definition) is 5. The zero-order valence-corrected chi connectivity index (χ0v) is 20.5. The van der Waals surface area contributed by atoms with Crippen LogP contribution in [0.3, 0.4) is 0 Å². The summed E-state index contributed by atoms with van der Waals surface area (Å²) >= 11 is 0. The molecule has 1 aliphatic heterocycles. The van der Waals surface area contributed by atoms with Gasteiger partial charge in [-0.05, 0) is 50.3 Å². The van der Waals surface area contributed by atoms with Gasteiger partial charge in [0.15, 0.2) is 0 Å². The smallest absolute Gasteiger partial charge is 0.253 e. The van der Waals surface area contributed by atoms with Gasteiger partial charge in [-0.3, -0.25) is 4.79 Å². The Hall–Kier alpha value is -1.64. The Bertz CT molecular complexity index is 843. The molecule has 8 heteroatoms. The van der Waals surface area contributed by atoms with Gasteiger partial charge in [0.2, 0.25) is 10.0 Å². The van der Waals surface area contributed by atoms with Crippen LogP contribution in [0.15, 0.2) is 23.1 Å². The molecule has 0 unspecified atom stereocenters. The van der Waals surface area contributed by atoms with Crippen molar-refractivity contribution in [1.82, 2.24) is 9.62 Å². The number of carbonyl (C=O) groups excluding carboxylic acids is 1. The summed E-state index contributed by atoms with van der Waals surface area (Å²) < 4.78 is 33.4. The summed E-state index contributed by atoms with van der Waals surface area (Å²) in [4.78, 5) is 15.4. The Morgan fingerprint density at radius 3 is 2.44 bits per heavy atom. The van der Waals surface area contributed by atoms with E-state index in [0.717, 1.165) is 50.9 Å². The molecule has 180 valence electrons. The monoisotopic (exact) mass is 465 g/mol. The van der Waals surface area contributed by atoms with Gasteiger partial charge in [-0.1, -0.05) is 33.1 Å². The van der Waals surface area contributed by atoms with Crippen LogP contribution >= 0.6 is 0 Å². The van der Waals surface area contributed by atoms with Gasteiger partial charge in [-0.2, -0.15) is 4.31 Å². The molecule has 0 aromatic heterocycles. The van der Waals surface area contributed by atoms with E-state index in [2.05, 4.69) is 10.2 Å². The quantitative estimate of drug-likeness (QED) is 0.503. The second-order valence-corrected chi connectivity index (χ2v) is 10.6. The maximum absolute atomic E-state index is 13.1. The lowest BCUT2D eigenvalue weighted by Crippen LogP contribution is -2.32. The van der Waals surface area contributed by atoms with Gasteiger partial charge < -0.3 is 15.0 Å². The number of ether oxygens (including phenoxy) is 1. The van der Waals surface area contributed by atoms with Crippen LogP contribution in [-0.4, -0.2) is 64.1 Å². The first-order valence-corrected chi connectivity index (χ1v) is 13.7. The Morgan fingerprint density at radius 1 is 1.09 bits per heavy atom. The molecule has 7 nitrogen and oxygen atoms in total. The van der Waals surface area contributed by atoms with Crippen molar-refractivity contribution in [1.29, 1.82) is 0 Å². The molecule has 1 N–H and O–H groups in total. The molecular formula is C24H39N3O4S. The first kappa shape index (κ1) is 25.0. The van der Waals surface area contributed by atoms with E-state index in [-0.39, 0.29) is 10.8 Å². The van der Waals surface area contributed by atoms with Crippen molar-refractivity contribution in [2.75, 3.05) is 44.2 Å². The molecular weight excluding hydrogens is 426 g/mol. The van der Waals surface area contributed by atoms with E-state index in [4.69, 9.17) is 4.74 Å². The van der Waals surface area contributed by atoms with Gasteiger partial charge in [0.05, 0.1) is 16.6 Å². The standard InChI is InChI=1S/C24H39N3O4S/c1-3-27(4-2)32(29,30)21-13-14-23(26-16-8-9-17-26)22(19-21)24(28)25-15-10-18-31-20-11-6-5-7-12-20/h13-14,19-20H,3-12,15-18H2,1-2H3,(H,25,28). The molecule has 1 aromatic rings. The van der Waals surface area contributed by atoms with Crippen molar-refractivity contribution in [3.05, 3.63) is 23.8 Å². The molecule has 3 rings (SSSR count). The lowest BCUT2D eigenvalue weighted by atomic mass is 9.98. The minimum absolute atomic E-state index is 0.176. The molecule has 1 aromatic carbocycles. The van der Waals surface area contributed by atoms with Crippen molar-refractivity contribution < 1.29 is 17.9 Å². The van der Waals surface area contributed by atoms with E-state index in [9.17, 15) is 13.2 Å². The van der Waals surface area contributed by atoms with Crippen molar-refractivity contribution in [2.24, 2.45) is 0 Å². The molecule has 1 saturated heterocycles. The Balaban J connectivity index is 1.68. The molecule has 0 spiro atoms. The SMILES string of the molecule is CCN(CC)S(=O)(=O)c1ccc(N2CCCC2)c(C(=O)NCCCOC2CCCCC2)c1. The van der Waals surface area contributed by atoms with Gasteiger partial charge in [0.1, 0.15) is 0 Å². The van der Waals surface area contributed by atoms with Crippen LogP contribution in [-0.2, 0) is 14.8 Å². The molecule has 2 aliphatic rings. The maximum atomic E-state index is 13.1. The molecule has 32 heavy (non-hydrogen) atoms. The van der Waals surface area contributed by atoms with E-state index < -0.39 is 10.0 Å². The summed E-state index contributed by atoms with van der Waals surface area (Å²) in [5.41, 5.74) is 1.25. The van der Waals surface area contributed by atoms with Crippen LogP contribution in [0.25, 0.3) is 0 Å². The predicted octanol–water partition coefficient (Wildman–Crippen LogP) is 3.79. The lowest BCUT2D eigenvalue weighted by Gasteiger charge is -2.24. The highest BCUT2D eigenvalue weighted by Crippen LogP contribution is 2.28. The Kier molecular flexibility index (Phi) is 9.37. The average Bonchev–Trinajstić information content (AvgIpc) is 3.34. The van der Waals surface area contributed by atoms with Crippen LogP contribution in [0.2, 0.25) is 0 Å². The van der Waals surface area contributed by atoms with Crippen molar-refractivity contribution >= 4 is 21.6 Å². The highest BCUT2D eigenvalue weighted by atomic mass is 32.2. The molecule has 1 heterocycles. The molecule has 1 saturated carbocycles.